The van der Waals surface area contributed by atoms with Crippen molar-refractivity contribution in [2.24, 2.45) is 46.3 Å². The highest BCUT2D eigenvalue weighted by Gasteiger charge is 2.67. The van der Waals surface area contributed by atoms with Gasteiger partial charge in [0.15, 0.2) is 0 Å². The molecule has 4 heteroatoms. The first kappa shape index (κ1) is 37.3. The van der Waals surface area contributed by atoms with Crippen LogP contribution >= 0.6 is 31.9 Å². The molecule has 0 aromatic heterocycles. The fourth-order valence-corrected chi connectivity index (χ4v) is 13.5. The van der Waals surface area contributed by atoms with Gasteiger partial charge in [-0.1, -0.05) is 150 Å². The largest absolute Gasteiger partial charge is 0.462 e. The van der Waals surface area contributed by atoms with Crippen molar-refractivity contribution in [2.45, 2.75) is 198 Å². The molecule has 0 spiro atoms. The molecule has 0 aromatic carbocycles. The number of hydrogen-bond donors (Lipinski definition) is 0. The Labute approximate surface area is 290 Å². The van der Waals surface area contributed by atoms with Gasteiger partial charge < -0.3 is 4.74 Å². The van der Waals surface area contributed by atoms with Gasteiger partial charge in [-0.25, -0.2) is 0 Å². The molecule has 0 unspecified atom stereocenters. The summed E-state index contributed by atoms with van der Waals surface area (Å²) in [4.78, 5) is 13.3. The number of esters is 1. The third-order valence-corrected chi connectivity index (χ3v) is 17.5. The highest BCUT2D eigenvalue weighted by Crippen LogP contribution is 2.71. The SMILES string of the molecule is CCCCCCCCCCCCC(=O)O[C@H]1CC[C@]2(C)[C@@H]3CC[C@@]4(C)[C@H](CC[C@H]4[C@H](C)CCCC(C)C)[C@H]3C[C@H](Br)[C@@]2(Br)C1. The summed E-state index contributed by atoms with van der Waals surface area (Å²) in [5.41, 5.74) is 0.779. The minimum Gasteiger partial charge on any atom is -0.462 e. The first-order valence-corrected chi connectivity index (χ1v) is 21.2. The molecule has 0 bridgehead atoms. The Balaban J connectivity index is 1.26. The number of fused-ring (bicyclic) bond motifs is 5. The van der Waals surface area contributed by atoms with Gasteiger partial charge in [0.25, 0.3) is 0 Å². The van der Waals surface area contributed by atoms with Crippen molar-refractivity contribution in [1.29, 1.82) is 0 Å². The van der Waals surface area contributed by atoms with Gasteiger partial charge in [0, 0.05) is 22.0 Å². The van der Waals surface area contributed by atoms with Crippen LogP contribution in [-0.4, -0.2) is 21.2 Å². The second-order valence-corrected chi connectivity index (χ2v) is 19.7. The molecule has 0 aromatic rings. The van der Waals surface area contributed by atoms with Crippen LogP contribution in [-0.2, 0) is 9.53 Å². The third kappa shape index (κ3) is 8.34. The number of rotatable bonds is 17. The zero-order valence-electron chi connectivity index (χ0n) is 29.7. The highest BCUT2D eigenvalue weighted by molar-refractivity contribution is 9.12. The van der Waals surface area contributed by atoms with Gasteiger partial charge in [-0.2, -0.15) is 0 Å². The maximum Gasteiger partial charge on any atom is 0.306 e. The maximum atomic E-state index is 12.9. The van der Waals surface area contributed by atoms with Gasteiger partial charge in [0.05, 0.1) is 0 Å². The van der Waals surface area contributed by atoms with Crippen molar-refractivity contribution in [3.8, 4) is 0 Å². The molecule has 2 nitrogen and oxygen atoms in total. The number of carbonyl (C=O) groups excluding carboxylic acids is 1. The molecule has 4 fully saturated rings. The lowest BCUT2D eigenvalue weighted by Gasteiger charge is -2.66. The lowest BCUT2D eigenvalue weighted by molar-refractivity contribution is -0.158. The molecule has 0 aliphatic heterocycles. The van der Waals surface area contributed by atoms with E-state index in [9.17, 15) is 4.79 Å². The molecule has 256 valence electrons. The number of unbranched alkanes of at least 4 members (excludes halogenated alkanes) is 9. The quantitative estimate of drug-likeness (QED) is 0.0843. The zero-order valence-corrected chi connectivity index (χ0v) is 32.9. The summed E-state index contributed by atoms with van der Waals surface area (Å²) in [7, 11) is 0. The summed E-state index contributed by atoms with van der Waals surface area (Å²) >= 11 is 8.70. The summed E-state index contributed by atoms with van der Waals surface area (Å²) in [6.07, 6.45) is 28.0. The van der Waals surface area contributed by atoms with Crippen molar-refractivity contribution in [3.05, 3.63) is 0 Å². The lowest BCUT2D eigenvalue weighted by atomic mass is 9.44. The molecule has 0 radical (unpaired) electrons. The number of halogens is 2. The Bertz CT molecular complexity index is 891. The average Bonchev–Trinajstić information content (AvgIpc) is 3.33. The van der Waals surface area contributed by atoms with E-state index in [-0.39, 0.29) is 21.8 Å². The Morgan fingerprint density at radius 2 is 1.48 bits per heavy atom. The van der Waals surface area contributed by atoms with Gasteiger partial charge >= 0.3 is 5.97 Å². The standard InChI is InChI=1S/C40H70Br2O2/c1-7-8-9-10-11-12-13-14-15-16-20-37(43)44-31-23-26-39(6)35-24-25-38(5)33(30(4)19-17-18-29(2)3)21-22-34(38)32(35)27-36(41)40(39,42)28-31/h29-36H,7-28H2,1-6H3/t30-,31+,32-,33+,34-,35-,36+,38-,39-,40+/m1/s1. The average molecular weight is 743 g/mol. The van der Waals surface area contributed by atoms with E-state index in [2.05, 4.69) is 73.4 Å². The van der Waals surface area contributed by atoms with E-state index >= 15 is 0 Å². The summed E-state index contributed by atoms with van der Waals surface area (Å²) < 4.78 is 6.21. The summed E-state index contributed by atoms with van der Waals surface area (Å²) in [6, 6.07) is 0. The summed E-state index contributed by atoms with van der Waals surface area (Å²) in [6.45, 7) is 14.9. The molecular weight excluding hydrogens is 672 g/mol. The number of carbonyl (C=O) groups is 1. The molecule has 4 rings (SSSR count). The number of hydrogen-bond acceptors (Lipinski definition) is 2. The van der Waals surface area contributed by atoms with Crippen molar-refractivity contribution >= 4 is 37.8 Å². The number of alkyl halides is 2. The van der Waals surface area contributed by atoms with Crippen LogP contribution < -0.4 is 0 Å². The van der Waals surface area contributed by atoms with Gasteiger partial charge in [0.2, 0.25) is 0 Å². The smallest absolute Gasteiger partial charge is 0.306 e. The molecule has 4 aliphatic carbocycles. The van der Waals surface area contributed by atoms with Crippen LogP contribution in [0.3, 0.4) is 0 Å². The Kier molecular flexibility index (Phi) is 14.1. The molecule has 0 amide bonds. The van der Waals surface area contributed by atoms with Crippen molar-refractivity contribution in [1.82, 2.24) is 0 Å². The van der Waals surface area contributed by atoms with Crippen LogP contribution in [0.4, 0.5) is 0 Å². The van der Waals surface area contributed by atoms with Crippen LogP contribution in [0.5, 0.6) is 0 Å². The molecular formula is C40H70Br2O2. The highest BCUT2D eigenvalue weighted by atomic mass is 79.9. The van der Waals surface area contributed by atoms with Crippen LogP contribution in [0.15, 0.2) is 0 Å². The van der Waals surface area contributed by atoms with E-state index in [1.807, 2.05) is 0 Å². The number of ether oxygens (including phenoxy) is 1. The van der Waals surface area contributed by atoms with E-state index in [1.165, 1.54) is 116 Å². The molecule has 10 atom stereocenters. The first-order valence-electron chi connectivity index (χ1n) is 19.5. The monoisotopic (exact) mass is 740 g/mol. The maximum absolute atomic E-state index is 12.9. The summed E-state index contributed by atoms with van der Waals surface area (Å²) in [5, 5.41) is 0. The van der Waals surface area contributed by atoms with E-state index < -0.39 is 0 Å². The Morgan fingerprint density at radius 1 is 0.818 bits per heavy atom. The lowest BCUT2D eigenvalue weighted by Crippen LogP contribution is -2.64. The Hall–Kier alpha value is 0.430. The topological polar surface area (TPSA) is 26.3 Å². The minimum atomic E-state index is 0.0113. The molecule has 0 N–H and O–H groups in total. The molecule has 0 heterocycles. The van der Waals surface area contributed by atoms with Crippen molar-refractivity contribution in [3.63, 3.8) is 0 Å². The predicted octanol–water partition coefficient (Wildman–Crippen LogP) is 13.2. The van der Waals surface area contributed by atoms with Crippen LogP contribution in [0, 0.1) is 46.3 Å². The van der Waals surface area contributed by atoms with Gasteiger partial charge in [-0.05, 0) is 97.7 Å². The van der Waals surface area contributed by atoms with Gasteiger partial charge in [-0.15, -0.1) is 0 Å². The van der Waals surface area contributed by atoms with Crippen LogP contribution in [0.2, 0.25) is 0 Å². The third-order valence-electron chi connectivity index (χ3n) is 13.9. The Morgan fingerprint density at radius 3 is 2.14 bits per heavy atom. The second-order valence-electron chi connectivity index (χ2n) is 17.2. The fraction of sp³-hybridized carbons (Fsp3) is 0.975. The van der Waals surface area contributed by atoms with Crippen molar-refractivity contribution in [2.75, 3.05) is 0 Å². The van der Waals surface area contributed by atoms with Crippen LogP contribution in [0.1, 0.15) is 183 Å². The summed E-state index contributed by atoms with van der Waals surface area (Å²) in [5.74, 6) is 5.13. The molecule has 4 aliphatic rings. The molecule has 4 saturated carbocycles. The molecule has 0 saturated heterocycles. The predicted molar refractivity (Wildman–Crippen MR) is 196 cm³/mol. The van der Waals surface area contributed by atoms with Crippen molar-refractivity contribution < 1.29 is 9.53 Å². The van der Waals surface area contributed by atoms with Gasteiger partial charge in [0.1, 0.15) is 6.10 Å². The zero-order chi connectivity index (χ0) is 32.0. The second kappa shape index (κ2) is 16.7. The minimum absolute atomic E-state index is 0.0113. The van der Waals surface area contributed by atoms with Gasteiger partial charge in [-0.3, -0.25) is 4.79 Å². The normalized spacial score (nSPS) is 39.0. The van der Waals surface area contributed by atoms with E-state index in [1.54, 1.807) is 0 Å². The first-order chi connectivity index (χ1) is 21.0. The van der Waals surface area contributed by atoms with E-state index in [4.69, 9.17) is 4.74 Å². The van der Waals surface area contributed by atoms with Crippen LogP contribution in [0.25, 0.3) is 0 Å². The van der Waals surface area contributed by atoms with E-state index in [0.717, 1.165) is 54.8 Å². The fourth-order valence-electron chi connectivity index (χ4n) is 11.3. The molecule has 44 heavy (non-hydrogen) atoms. The van der Waals surface area contributed by atoms with E-state index in [0.29, 0.717) is 16.7 Å².